The van der Waals surface area contributed by atoms with Gasteiger partial charge in [-0.25, -0.2) is 0 Å². The van der Waals surface area contributed by atoms with E-state index in [4.69, 9.17) is 9.47 Å². The van der Waals surface area contributed by atoms with Crippen LogP contribution in [0.1, 0.15) is 61.8 Å². The van der Waals surface area contributed by atoms with Crippen molar-refractivity contribution in [2.75, 3.05) is 63.3 Å². The molecule has 0 saturated carbocycles. The molecule has 1 saturated heterocycles. The lowest BCUT2D eigenvalue weighted by atomic mass is 10.0. The van der Waals surface area contributed by atoms with E-state index in [1.54, 1.807) is 14.2 Å². The van der Waals surface area contributed by atoms with E-state index in [0.29, 0.717) is 0 Å². The van der Waals surface area contributed by atoms with Crippen LogP contribution < -0.4 is 24.6 Å². The topological polar surface area (TPSA) is 37.0 Å². The van der Waals surface area contributed by atoms with Gasteiger partial charge in [-0.2, -0.15) is 0 Å². The molecule has 0 atom stereocenters. The summed E-state index contributed by atoms with van der Waals surface area (Å²) in [5, 5.41) is 3.41. The van der Waals surface area contributed by atoms with Gasteiger partial charge in [-0.1, -0.05) is 75.3 Å². The number of benzene rings is 3. The van der Waals surface area contributed by atoms with Crippen LogP contribution in [0, 0.1) is 0 Å². The summed E-state index contributed by atoms with van der Waals surface area (Å²) in [4.78, 5) is 4.94. The number of piperazine rings is 1. The highest BCUT2D eigenvalue weighted by Crippen LogP contribution is 2.32. The zero-order chi connectivity index (χ0) is 28.9. The number of anilines is 2. The number of hydrogen-bond acceptors (Lipinski definition) is 5. The molecular formula is C36H47N3O2. The molecule has 3 aromatic rings. The lowest BCUT2D eigenvalue weighted by Gasteiger charge is -2.29. The Morgan fingerprint density at radius 3 is 1.66 bits per heavy atom. The first-order valence-electron chi connectivity index (χ1n) is 15.2. The lowest BCUT2D eigenvalue weighted by Crippen LogP contribution is -2.43. The van der Waals surface area contributed by atoms with Crippen molar-refractivity contribution >= 4 is 35.7 Å². The third-order valence-electron chi connectivity index (χ3n) is 7.69. The van der Waals surface area contributed by atoms with Crippen LogP contribution in [-0.2, 0) is 0 Å². The first kappa shape index (κ1) is 30.3. The summed E-state index contributed by atoms with van der Waals surface area (Å²) in [5.41, 5.74) is 6.86. The minimum absolute atomic E-state index is 0.817. The van der Waals surface area contributed by atoms with Crippen molar-refractivity contribution in [1.29, 1.82) is 0 Å². The number of unbranched alkanes of at least 4 members (excludes halogenated alkanes) is 2. The van der Waals surface area contributed by atoms with Crippen LogP contribution in [-0.4, -0.2) is 53.5 Å². The number of methoxy groups -OCH3 is 2. The molecule has 1 fully saturated rings. The monoisotopic (exact) mass is 553 g/mol. The zero-order valence-electron chi connectivity index (χ0n) is 25.4. The van der Waals surface area contributed by atoms with Gasteiger partial charge in [-0.15, -0.1) is 0 Å². The molecule has 218 valence electrons. The number of nitrogens with one attached hydrogen (secondary N) is 1. The quantitative estimate of drug-likeness (QED) is 0.206. The molecule has 41 heavy (non-hydrogen) atoms. The lowest BCUT2D eigenvalue weighted by molar-refractivity contribution is 0.401. The summed E-state index contributed by atoms with van der Waals surface area (Å²) in [6, 6.07) is 21.7. The molecule has 0 unspecified atom stereocenters. The molecule has 0 amide bonds. The van der Waals surface area contributed by atoms with Gasteiger partial charge in [0.15, 0.2) is 0 Å². The van der Waals surface area contributed by atoms with Crippen molar-refractivity contribution in [3.63, 3.8) is 0 Å². The van der Waals surface area contributed by atoms with E-state index in [9.17, 15) is 0 Å². The molecule has 0 aromatic heterocycles. The molecule has 0 spiro atoms. The maximum atomic E-state index is 5.78. The van der Waals surface area contributed by atoms with Gasteiger partial charge in [0.2, 0.25) is 0 Å². The van der Waals surface area contributed by atoms with Crippen molar-refractivity contribution < 1.29 is 9.47 Å². The molecule has 0 radical (unpaired) electrons. The molecule has 0 bridgehead atoms. The second-order valence-electron chi connectivity index (χ2n) is 10.6. The van der Waals surface area contributed by atoms with Crippen LogP contribution in [0.15, 0.2) is 60.7 Å². The Morgan fingerprint density at radius 1 is 0.707 bits per heavy atom. The summed E-state index contributed by atoms with van der Waals surface area (Å²) < 4.78 is 11.5. The van der Waals surface area contributed by atoms with Crippen LogP contribution in [0.2, 0.25) is 0 Å². The summed E-state index contributed by atoms with van der Waals surface area (Å²) >= 11 is 0. The molecule has 5 nitrogen and oxygen atoms in total. The van der Waals surface area contributed by atoms with Crippen molar-refractivity contribution in [3.05, 3.63) is 82.9 Å². The first-order chi connectivity index (χ1) is 20.1. The Labute approximate surface area is 247 Å². The van der Waals surface area contributed by atoms with Crippen molar-refractivity contribution in [2.45, 2.75) is 39.5 Å². The fraction of sp³-hybridized carbons (Fsp3) is 0.389. The van der Waals surface area contributed by atoms with Crippen molar-refractivity contribution in [1.82, 2.24) is 5.32 Å². The van der Waals surface area contributed by atoms with Crippen molar-refractivity contribution in [2.24, 2.45) is 0 Å². The van der Waals surface area contributed by atoms with Crippen LogP contribution in [0.4, 0.5) is 11.4 Å². The molecule has 0 aliphatic carbocycles. The average molecular weight is 554 g/mol. The van der Waals surface area contributed by atoms with Crippen molar-refractivity contribution in [3.8, 4) is 11.5 Å². The second-order valence-corrected chi connectivity index (χ2v) is 10.6. The maximum absolute atomic E-state index is 5.78. The van der Waals surface area contributed by atoms with Gasteiger partial charge in [0.1, 0.15) is 11.5 Å². The average Bonchev–Trinajstić information content (AvgIpc) is 3.03. The molecule has 1 heterocycles. The molecule has 1 aliphatic rings. The highest BCUT2D eigenvalue weighted by Gasteiger charge is 2.11. The van der Waals surface area contributed by atoms with Gasteiger partial charge in [0, 0.05) is 61.8 Å². The Balaban J connectivity index is 1.47. The summed E-state index contributed by atoms with van der Waals surface area (Å²) in [5.74, 6) is 1.63. The third-order valence-corrected chi connectivity index (χ3v) is 7.69. The standard InChI is InChI=1S/C36H47N3O2/c1-5-7-23-38(24-8-6-2)33-17-11-29(12-18-33)9-15-31-27-36(41-4)32(28-35(31)40-3)16-10-30-13-19-34(20-14-30)39-25-21-37-22-26-39/h9-20,27-28,37H,5-8,21-26H2,1-4H3. The van der Waals surface area contributed by atoms with Gasteiger partial charge >= 0.3 is 0 Å². The normalized spacial score (nSPS) is 13.7. The third kappa shape index (κ3) is 8.64. The van der Waals surface area contributed by atoms with Gasteiger partial charge in [0.05, 0.1) is 14.2 Å². The number of rotatable bonds is 14. The fourth-order valence-electron chi connectivity index (χ4n) is 5.16. The molecule has 5 heteroatoms. The Hall–Kier alpha value is -3.70. The summed E-state index contributed by atoms with van der Waals surface area (Å²) in [7, 11) is 3.44. The van der Waals surface area contributed by atoms with E-state index in [0.717, 1.165) is 73.0 Å². The van der Waals surface area contributed by atoms with E-state index in [1.165, 1.54) is 37.1 Å². The molecule has 1 N–H and O–H groups in total. The molecule has 3 aromatic carbocycles. The van der Waals surface area contributed by atoms with Gasteiger partial charge < -0.3 is 24.6 Å². The van der Waals surface area contributed by atoms with E-state index in [-0.39, 0.29) is 0 Å². The summed E-state index contributed by atoms with van der Waals surface area (Å²) in [6.45, 7) is 10.9. The van der Waals surface area contributed by atoms with E-state index >= 15 is 0 Å². The SMILES string of the molecule is CCCCN(CCCC)c1ccc(C=Cc2cc(OC)c(C=Cc3ccc(N4CCNCC4)cc3)cc2OC)cc1. The predicted molar refractivity (Wildman–Crippen MR) is 177 cm³/mol. The number of ether oxygens (including phenoxy) is 2. The minimum Gasteiger partial charge on any atom is -0.496 e. The molecular weight excluding hydrogens is 506 g/mol. The summed E-state index contributed by atoms with van der Waals surface area (Å²) in [6.07, 6.45) is 13.3. The molecule has 1 aliphatic heterocycles. The minimum atomic E-state index is 0.817. The van der Waals surface area contributed by atoms with E-state index in [1.807, 2.05) is 12.1 Å². The second kappa shape index (κ2) is 15.9. The van der Waals surface area contributed by atoms with Gasteiger partial charge in [-0.05, 0) is 60.4 Å². The number of nitrogens with zero attached hydrogens (tertiary/aromatic N) is 2. The Kier molecular flexibility index (Phi) is 11.8. The number of hydrogen-bond donors (Lipinski definition) is 1. The largest absolute Gasteiger partial charge is 0.496 e. The Bertz CT molecular complexity index is 1250. The van der Waals surface area contributed by atoms with E-state index < -0.39 is 0 Å². The van der Waals surface area contributed by atoms with Crippen LogP contribution in [0.3, 0.4) is 0 Å². The smallest absolute Gasteiger partial charge is 0.126 e. The van der Waals surface area contributed by atoms with Gasteiger partial charge in [-0.3, -0.25) is 0 Å². The predicted octanol–water partition coefficient (Wildman–Crippen LogP) is 7.86. The first-order valence-corrected chi connectivity index (χ1v) is 15.2. The van der Waals surface area contributed by atoms with Gasteiger partial charge in [0.25, 0.3) is 0 Å². The highest BCUT2D eigenvalue weighted by molar-refractivity contribution is 5.79. The highest BCUT2D eigenvalue weighted by atomic mass is 16.5. The van der Waals surface area contributed by atoms with Crippen LogP contribution >= 0.6 is 0 Å². The van der Waals surface area contributed by atoms with Crippen LogP contribution in [0.25, 0.3) is 24.3 Å². The fourth-order valence-corrected chi connectivity index (χ4v) is 5.16. The Morgan fingerprint density at radius 2 is 1.20 bits per heavy atom. The maximum Gasteiger partial charge on any atom is 0.126 e. The molecule has 4 rings (SSSR count). The van der Waals surface area contributed by atoms with Crippen LogP contribution in [0.5, 0.6) is 11.5 Å². The zero-order valence-corrected chi connectivity index (χ0v) is 25.4. The van der Waals surface area contributed by atoms with E-state index in [2.05, 4.69) is 102 Å².